The maximum atomic E-state index is 11.5. The summed E-state index contributed by atoms with van der Waals surface area (Å²) in [6.07, 6.45) is 0. The van der Waals surface area contributed by atoms with Gasteiger partial charge in [-0.1, -0.05) is 0 Å². The van der Waals surface area contributed by atoms with Gasteiger partial charge < -0.3 is 0 Å². The molecule has 78 valence electrons. The molecule has 1 saturated heterocycles. The molecule has 6 nitrogen and oxygen atoms in total. The SMILES string of the molecule is CN(C)N1C(=O)C(=O)N(N(C)C)C1=S. The van der Waals surface area contributed by atoms with Crippen LogP contribution < -0.4 is 0 Å². The van der Waals surface area contributed by atoms with Gasteiger partial charge in [0.1, 0.15) is 0 Å². The van der Waals surface area contributed by atoms with Crippen molar-refractivity contribution in [3.8, 4) is 0 Å². The average molecular weight is 216 g/mol. The fourth-order valence-electron chi connectivity index (χ4n) is 1.15. The van der Waals surface area contributed by atoms with E-state index in [1.165, 1.54) is 10.0 Å². The number of nitrogens with zero attached hydrogens (tertiary/aromatic N) is 4. The molecule has 0 saturated carbocycles. The van der Waals surface area contributed by atoms with Gasteiger partial charge in [0.05, 0.1) is 0 Å². The Morgan fingerprint density at radius 3 is 1.36 bits per heavy atom. The topological polar surface area (TPSA) is 47.1 Å². The van der Waals surface area contributed by atoms with E-state index in [0.29, 0.717) is 0 Å². The van der Waals surface area contributed by atoms with E-state index in [1.807, 2.05) is 0 Å². The highest BCUT2D eigenvalue weighted by Crippen LogP contribution is 2.13. The van der Waals surface area contributed by atoms with Gasteiger partial charge in [-0.3, -0.25) is 9.59 Å². The number of amides is 2. The first-order valence-electron chi connectivity index (χ1n) is 3.95. The van der Waals surface area contributed by atoms with Crippen LogP contribution in [0.5, 0.6) is 0 Å². The number of hydrazine groups is 2. The lowest BCUT2D eigenvalue weighted by Crippen LogP contribution is -2.45. The molecule has 1 aliphatic rings. The molecule has 14 heavy (non-hydrogen) atoms. The molecule has 0 unspecified atom stereocenters. The van der Waals surface area contributed by atoms with Gasteiger partial charge in [0, 0.05) is 28.2 Å². The van der Waals surface area contributed by atoms with Crippen LogP contribution in [0.3, 0.4) is 0 Å². The molecule has 1 heterocycles. The van der Waals surface area contributed by atoms with Crippen molar-refractivity contribution in [1.82, 2.24) is 20.0 Å². The molecule has 0 aromatic carbocycles. The highest BCUT2D eigenvalue weighted by molar-refractivity contribution is 7.80. The summed E-state index contributed by atoms with van der Waals surface area (Å²) >= 11 is 5.00. The second-order valence-corrected chi connectivity index (χ2v) is 3.58. The lowest BCUT2D eigenvalue weighted by molar-refractivity contribution is -0.150. The Balaban J connectivity index is 3.03. The molecule has 0 spiro atoms. The second kappa shape index (κ2) is 3.60. The minimum Gasteiger partial charge on any atom is -0.261 e. The van der Waals surface area contributed by atoms with Crippen LogP contribution in [-0.4, -0.2) is 65.2 Å². The molecule has 7 heteroatoms. The zero-order valence-corrected chi connectivity index (χ0v) is 9.33. The summed E-state index contributed by atoms with van der Waals surface area (Å²) in [6, 6.07) is 0. The quantitative estimate of drug-likeness (QED) is 0.433. The predicted molar refractivity (Wildman–Crippen MR) is 53.7 cm³/mol. The smallest absolute Gasteiger partial charge is 0.261 e. The minimum atomic E-state index is -0.631. The number of rotatable bonds is 2. The molecule has 0 aromatic rings. The van der Waals surface area contributed by atoms with Crippen LogP contribution in [-0.2, 0) is 9.59 Å². The third-order valence-corrected chi connectivity index (χ3v) is 2.08. The number of hydrogen-bond donors (Lipinski definition) is 0. The van der Waals surface area contributed by atoms with Crippen molar-refractivity contribution >= 4 is 29.1 Å². The van der Waals surface area contributed by atoms with Crippen molar-refractivity contribution in [2.24, 2.45) is 0 Å². The molecule has 2 amide bonds. The Morgan fingerprint density at radius 2 is 1.21 bits per heavy atom. The molecule has 1 rings (SSSR count). The summed E-state index contributed by atoms with van der Waals surface area (Å²) < 4.78 is 0. The van der Waals surface area contributed by atoms with Gasteiger partial charge in [-0.15, -0.1) is 0 Å². The molecule has 0 bridgehead atoms. The van der Waals surface area contributed by atoms with Gasteiger partial charge in [-0.2, -0.15) is 0 Å². The van der Waals surface area contributed by atoms with Crippen molar-refractivity contribution < 1.29 is 9.59 Å². The van der Waals surface area contributed by atoms with E-state index in [9.17, 15) is 9.59 Å². The minimum absolute atomic E-state index is 0.176. The normalized spacial score (nSPS) is 18.0. The molecule has 0 radical (unpaired) electrons. The number of carbonyl (C=O) groups is 2. The summed E-state index contributed by atoms with van der Waals surface area (Å²) in [5.74, 6) is -1.26. The van der Waals surface area contributed by atoms with Gasteiger partial charge >= 0.3 is 11.8 Å². The maximum Gasteiger partial charge on any atom is 0.334 e. The van der Waals surface area contributed by atoms with Crippen molar-refractivity contribution in [3.05, 3.63) is 0 Å². The van der Waals surface area contributed by atoms with Crippen LogP contribution in [0.4, 0.5) is 0 Å². The molecular weight excluding hydrogens is 204 g/mol. The number of thiocarbonyl (C=S) groups is 1. The Labute approximate surface area is 87.6 Å². The fraction of sp³-hybridized carbons (Fsp3) is 0.571. The predicted octanol–water partition coefficient (Wildman–Crippen LogP) is -1.10. The first kappa shape index (κ1) is 11.0. The van der Waals surface area contributed by atoms with Gasteiger partial charge in [-0.05, 0) is 12.2 Å². The Hall–Kier alpha value is -1.05. The summed E-state index contributed by atoms with van der Waals surface area (Å²) in [5.41, 5.74) is 0. The summed E-state index contributed by atoms with van der Waals surface area (Å²) in [7, 11) is 6.60. The third kappa shape index (κ3) is 1.49. The Kier molecular flexibility index (Phi) is 2.84. The largest absolute Gasteiger partial charge is 0.334 e. The molecule has 0 aliphatic carbocycles. The van der Waals surface area contributed by atoms with Crippen LogP contribution in [0.2, 0.25) is 0 Å². The highest BCUT2D eigenvalue weighted by atomic mass is 32.1. The molecule has 0 aromatic heterocycles. The van der Waals surface area contributed by atoms with Crippen LogP contribution in [0, 0.1) is 0 Å². The number of carbonyl (C=O) groups excluding carboxylic acids is 2. The Bertz CT molecular complexity index is 274. The van der Waals surface area contributed by atoms with Crippen LogP contribution in [0.15, 0.2) is 0 Å². The van der Waals surface area contributed by atoms with E-state index in [1.54, 1.807) is 28.2 Å². The molecule has 1 fully saturated rings. The average Bonchev–Trinajstić information content (AvgIpc) is 2.23. The monoisotopic (exact) mass is 216 g/mol. The van der Waals surface area contributed by atoms with Crippen LogP contribution in [0.1, 0.15) is 0 Å². The van der Waals surface area contributed by atoms with Crippen molar-refractivity contribution in [2.75, 3.05) is 28.2 Å². The van der Waals surface area contributed by atoms with Crippen molar-refractivity contribution in [1.29, 1.82) is 0 Å². The second-order valence-electron chi connectivity index (χ2n) is 3.21. The van der Waals surface area contributed by atoms with E-state index in [2.05, 4.69) is 0 Å². The molecule has 1 aliphatic heterocycles. The summed E-state index contributed by atoms with van der Waals surface area (Å²) in [5, 5.41) is 5.43. The van der Waals surface area contributed by atoms with E-state index >= 15 is 0 Å². The maximum absolute atomic E-state index is 11.5. The zero-order chi connectivity index (χ0) is 11.0. The standard InChI is InChI=1S/C7H12N4O2S/c1-8(2)10-5(12)6(13)11(7(10)14)9(3)4/h1-4H3. The molecule has 0 N–H and O–H groups in total. The van der Waals surface area contributed by atoms with Gasteiger partial charge in [0.2, 0.25) is 5.11 Å². The number of hydrogen-bond acceptors (Lipinski definition) is 5. The van der Waals surface area contributed by atoms with Gasteiger partial charge in [0.25, 0.3) is 0 Å². The van der Waals surface area contributed by atoms with Gasteiger partial charge in [-0.25, -0.2) is 20.0 Å². The fourth-order valence-corrected chi connectivity index (χ4v) is 1.64. The summed E-state index contributed by atoms with van der Waals surface area (Å²) in [4.78, 5) is 22.9. The highest BCUT2D eigenvalue weighted by Gasteiger charge is 2.44. The van der Waals surface area contributed by atoms with E-state index < -0.39 is 11.8 Å². The first-order chi connectivity index (χ1) is 6.37. The van der Waals surface area contributed by atoms with Gasteiger partial charge in [0.15, 0.2) is 0 Å². The first-order valence-corrected chi connectivity index (χ1v) is 4.35. The van der Waals surface area contributed by atoms with Crippen molar-refractivity contribution in [2.45, 2.75) is 0 Å². The van der Waals surface area contributed by atoms with E-state index in [0.717, 1.165) is 10.0 Å². The Morgan fingerprint density at radius 1 is 0.929 bits per heavy atom. The third-order valence-electron chi connectivity index (χ3n) is 1.73. The van der Waals surface area contributed by atoms with Crippen LogP contribution >= 0.6 is 12.2 Å². The van der Waals surface area contributed by atoms with E-state index in [4.69, 9.17) is 12.2 Å². The lowest BCUT2D eigenvalue weighted by atomic mass is 10.6. The zero-order valence-electron chi connectivity index (χ0n) is 8.51. The van der Waals surface area contributed by atoms with Crippen molar-refractivity contribution in [3.63, 3.8) is 0 Å². The molecule has 0 atom stereocenters. The molecular formula is C7H12N4O2S. The van der Waals surface area contributed by atoms with Crippen LogP contribution in [0.25, 0.3) is 0 Å². The summed E-state index contributed by atoms with van der Waals surface area (Å²) in [6.45, 7) is 0. The van der Waals surface area contributed by atoms with E-state index in [-0.39, 0.29) is 5.11 Å². The lowest BCUT2D eigenvalue weighted by Gasteiger charge is -2.26.